The Morgan fingerprint density at radius 2 is 1.01 bits per heavy atom. The number of aryl methyl sites for hydroxylation is 1. The number of aliphatic hydroxyl groups is 2. The first kappa shape index (κ1) is 54.7. The maximum atomic E-state index is 16.7. The molecule has 372 valence electrons. The van der Waals surface area contributed by atoms with Crippen LogP contribution in [0, 0.1) is 23.3 Å². The fraction of sp³-hybridized carbons (Fsp3) is 0.132. The van der Waals surface area contributed by atoms with Crippen molar-refractivity contribution in [3.8, 4) is 61.8 Å². The molecular formula is C53H45F4N11O5Zn. The van der Waals surface area contributed by atoms with E-state index < -0.39 is 40.6 Å². The number of aliphatic hydroxyl groups excluding tert-OH is 2. The third kappa shape index (κ3) is 11.5. The van der Waals surface area contributed by atoms with Crippen LogP contribution in [0.5, 0.6) is 17.2 Å². The van der Waals surface area contributed by atoms with E-state index in [1.807, 2.05) is 6.07 Å². The number of rotatable bonds is 8. The number of aromatic nitrogens is 7. The van der Waals surface area contributed by atoms with Crippen molar-refractivity contribution in [3.63, 3.8) is 0 Å². The van der Waals surface area contributed by atoms with E-state index in [0.29, 0.717) is 55.8 Å². The number of hydrogen-bond acceptors (Lipinski definition) is 11. The summed E-state index contributed by atoms with van der Waals surface area (Å²) >= 11 is 0. The van der Waals surface area contributed by atoms with Crippen LogP contribution < -0.4 is 15.3 Å². The Morgan fingerprint density at radius 1 is 0.649 bits per heavy atom. The molecule has 74 heavy (non-hydrogen) atoms. The molecule has 0 radical (unpaired) electrons. The monoisotopic (exact) mass is 1060 g/mol. The molecule has 2 aliphatic heterocycles. The number of nitrogens with one attached hydrogen (secondary N) is 1. The predicted octanol–water partition coefficient (Wildman–Crippen LogP) is 10.9. The van der Waals surface area contributed by atoms with Crippen molar-refractivity contribution < 1.29 is 62.6 Å². The Morgan fingerprint density at radius 3 is 1.34 bits per heavy atom. The maximum Gasteiger partial charge on any atom is 2.00 e. The number of phenols is 3. The topological polar surface area (TPSA) is 247 Å². The second kappa shape index (κ2) is 23.7. The van der Waals surface area contributed by atoms with Crippen molar-refractivity contribution in [2.24, 2.45) is 12.2 Å². The number of azide groups is 1. The van der Waals surface area contributed by atoms with Gasteiger partial charge in [0.25, 0.3) is 0 Å². The van der Waals surface area contributed by atoms with Crippen LogP contribution in [0.1, 0.15) is 42.8 Å². The van der Waals surface area contributed by atoms with Gasteiger partial charge in [-0.2, -0.15) is 0 Å². The largest absolute Gasteiger partial charge is 2.00 e. The molecule has 1 atom stereocenters. The quantitative estimate of drug-likeness (QED) is 0.0208. The number of halogens is 4. The average Bonchev–Trinajstić information content (AvgIpc) is 4.25. The first-order chi connectivity index (χ1) is 34.7. The van der Waals surface area contributed by atoms with Gasteiger partial charge in [-0.15, -0.1) is 27.2 Å². The standard InChI is InChI=1S/C48H30F4N8O3.C3H8O2.CH3N3.CH4.Zn/c1-60-23-27(58-59-60)22-53-48-46(51)44(49)43(45(50)47(48)52)42-37-17-15-35(56-37)40(25-6-3-9-29(62)20-25)33-13-11-31(54-33)39(24-5-2-8-28(61)19-24)32-12-14-34(55-32)41(36-16-18-38(42)57-36)26-7-4-10-30(63)21-26;1-3(5)2-4;1-3-4-2;;/h2-21,23H,22H2,1H3,(H4-2,53,54,55,56,57,58,59,61,62,63);3-5H,2H2,1H3;1H3;1H4;/q-2;;;;+2. The van der Waals surface area contributed by atoms with Crippen LogP contribution in [0.3, 0.4) is 0 Å². The van der Waals surface area contributed by atoms with Crippen LogP contribution in [0.2, 0.25) is 0 Å². The maximum absolute atomic E-state index is 16.7. The summed E-state index contributed by atoms with van der Waals surface area (Å²) in [4.78, 5) is 22.1. The molecule has 0 fully saturated rings. The number of anilines is 1. The molecular weight excluding hydrogens is 1010 g/mol. The molecule has 10 rings (SSSR count). The summed E-state index contributed by atoms with van der Waals surface area (Å²) < 4.78 is 67.0. The van der Waals surface area contributed by atoms with E-state index in [1.165, 1.54) is 61.3 Å². The van der Waals surface area contributed by atoms with Gasteiger partial charge in [0.2, 0.25) is 0 Å². The Hall–Kier alpha value is -8.61. The third-order valence-electron chi connectivity index (χ3n) is 11.0. The molecule has 0 aliphatic carbocycles. The number of hydrogen-bond donors (Lipinski definition) is 6. The minimum atomic E-state index is -1.71. The van der Waals surface area contributed by atoms with Gasteiger partial charge in [0.05, 0.1) is 47.6 Å². The molecule has 16 nitrogen and oxygen atoms in total. The third-order valence-corrected chi connectivity index (χ3v) is 11.0. The summed E-state index contributed by atoms with van der Waals surface area (Å²) in [5.41, 5.74) is 10.0. The Labute approximate surface area is 433 Å². The molecule has 1 unspecified atom stereocenters. The number of benzene rings is 4. The Balaban J connectivity index is 0.000000750. The molecule has 2 aliphatic rings. The van der Waals surface area contributed by atoms with E-state index in [4.69, 9.17) is 35.7 Å². The minimum Gasteiger partial charge on any atom is -0.657 e. The molecule has 0 saturated heterocycles. The van der Waals surface area contributed by atoms with Crippen molar-refractivity contribution in [1.29, 1.82) is 0 Å². The first-order valence-electron chi connectivity index (χ1n) is 21.8. The van der Waals surface area contributed by atoms with Crippen molar-refractivity contribution in [1.82, 2.24) is 34.9 Å². The Bertz CT molecular complexity index is 3590. The van der Waals surface area contributed by atoms with Crippen molar-refractivity contribution >= 4 is 52.1 Å². The molecule has 4 aromatic carbocycles. The van der Waals surface area contributed by atoms with Crippen LogP contribution in [-0.4, -0.2) is 70.3 Å². The van der Waals surface area contributed by atoms with Crippen molar-refractivity contribution in [3.05, 3.63) is 165 Å². The predicted molar refractivity (Wildman–Crippen MR) is 272 cm³/mol. The summed E-state index contributed by atoms with van der Waals surface area (Å²) in [6.45, 7) is 1.10. The van der Waals surface area contributed by atoms with Crippen LogP contribution in [0.15, 0.2) is 108 Å². The van der Waals surface area contributed by atoms with E-state index >= 15 is 17.6 Å². The van der Waals surface area contributed by atoms with Crippen LogP contribution >= 0.6 is 0 Å². The van der Waals surface area contributed by atoms with Gasteiger partial charge in [-0.05, 0) is 112 Å². The zero-order chi connectivity index (χ0) is 51.2. The molecule has 8 bridgehead atoms. The minimum absolute atomic E-state index is 0. The van der Waals surface area contributed by atoms with Crippen LogP contribution in [-0.2, 0) is 33.1 Å². The fourth-order valence-electron chi connectivity index (χ4n) is 7.88. The van der Waals surface area contributed by atoms with Gasteiger partial charge >= 0.3 is 19.5 Å². The number of nitrogens with zero attached hydrogens (tertiary/aromatic N) is 10. The number of fused-ring (bicyclic) bond motifs is 8. The molecule has 21 heteroatoms. The summed E-state index contributed by atoms with van der Waals surface area (Å²) in [6, 6.07) is 25.9. The van der Waals surface area contributed by atoms with E-state index in [1.54, 1.807) is 85.9 Å². The van der Waals surface area contributed by atoms with Gasteiger partial charge in [-0.25, -0.2) is 27.5 Å². The SMILES string of the molecule is C.CC(O)CO.CN=[N+]=[N-].Cn1cc(CNc2c(F)c(F)c(-c3c4nc(c(-c5cccc(O)c5)c5ccc([n-]5)c(-c5cccc(O)c5)c5nc(c(-c6cccc(O)c6)c6ccc3[n-]6)C=C5)C=C4)c(F)c2F)nn1.[Zn+2]. The zero-order valence-corrected chi connectivity index (χ0v) is 42.0. The molecule has 0 spiro atoms. The molecule has 0 saturated carbocycles. The molecule has 8 aromatic rings. The molecule has 4 aromatic heterocycles. The summed E-state index contributed by atoms with van der Waals surface area (Å²) in [7, 11) is 2.98. The smallest absolute Gasteiger partial charge is 0.657 e. The summed E-state index contributed by atoms with van der Waals surface area (Å²) in [5, 5.41) is 60.8. The van der Waals surface area contributed by atoms with Gasteiger partial charge in [-0.3, -0.25) is 4.68 Å². The van der Waals surface area contributed by atoms with Crippen LogP contribution in [0.4, 0.5) is 23.2 Å². The van der Waals surface area contributed by atoms with Gasteiger partial charge in [-0.1, -0.05) is 78.4 Å². The first-order valence-corrected chi connectivity index (χ1v) is 21.8. The van der Waals surface area contributed by atoms with Gasteiger partial charge < -0.3 is 40.8 Å². The summed E-state index contributed by atoms with van der Waals surface area (Å²) in [5.74, 6) is -6.90. The second-order valence-electron chi connectivity index (χ2n) is 16.1. The van der Waals surface area contributed by atoms with E-state index in [0.717, 1.165) is 0 Å². The zero-order valence-electron chi connectivity index (χ0n) is 39.0. The van der Waals surface area contributed by atoms with Crippen molar-refractivity contribution in [2.45, 2.75) is 27.0 Å². The van der Waals surface area contributed by atoms with Crippen LogP contribution in [0.25, 0.3) is 101 Å². The van der Waals surface area contributed by atoms with E-state index in [9.17, 15) is 15.3 Å². The average molecular weight is 1060 g/mol. The molecule has 0 amide bonds. The number of phenolic OH excluding ortho intramolecular Hbond substituents is 3. The summed E-state index contributed by atoms with van der Waals surface area (Å²) in [6.07, 6.45) is 7.45. The van der Waals surface area contributed by atoms with Gasteiger partial charge in [0, 0.05) is 25.2 Å². The normalized spacial score (nSPS) is 11.5. The molecule has 6 N–H and O–H groups in total. The molecule has 6 heterocycles. The fourth-order valence-corrected chi connectivity index (χ4v) is 7.88. The van der Waals surface area contributed by atoms with E-state index in [2.05, 4.69) is 25.7 Å². The van der Waals surface area contributed by atoms with Gasteiger partial charge in [0.15, 0.2) is 23.3 Å². The van der Waals surface area contributed by atoms with Gasteiger partial charge in [0.1, 0.15) is 28.6 Å². The second-order valence-corrected chi connectivity index (χ2v) is 16.1. The number of aromatic hydroxyl groups is 3. The van der Waals surface area contributed by atoms with E-state index in [-0.39, 0.29) is 91.0 Å². The Kier molecular flexibility index (Phi) is 17.6. The van der Waals surface area contributed by atoms with Crippen molar-refractivity contribution in [2.75, 3.05) is 19.0 Å².